The molecule has 1 atom stereocenters. The van der Waals surface area contributed by atoms with Crippen LogP contribution in [0.3, 0.4) is 0 Å². The minimum Gasteiger partial charge on any atom is -0.310 e. The largest absolute Gasteiger partial charge is 0.310 e. The number of hydrogen-bond acceptors (Lipinski definition) is 2. The van der Waals surface area contributed by atoms with Gasteiger partial charge in [0.2, 0.25) is 0 Å². The highest BCUT2D eigenvalue weighted by Gasteiger charge is 2.06. The van der Waals surface area contributed by atoms with Crippen LogP contribution in [0.1, 0.15) is 24.5 Å². The topological polar surface area (TPSA) is 12.0 Å². The highest BCUT2D eigenvalue weighted by molar-refractivity contribution is 7.07. The number of benzene rings is 1. The van der Waals surface area contributed by atoms with Gasteiger partial charge in [-0.1, -0.05) is 37.3 Å². The van der Waals surface area contributed by atoms with Gasteiger partial charge in [-0.2, -0.15) is 11.3 Å². The summed E-state index contributed by atoms with van der Waals surface area (Å²) in [7, 11) is 0. The Kier molecular flexibility index (Phi) is 4.77. The molecule has 2 heteroatoms. The minimum absolute atomic E-state index is 0.567. The molecule has 0 bridgehead atoms. The van der Waals surface area contributed by atoms with Gasteiger partial charge in [-0.15, -0.1) is 0 Å². The van der Waals surface area contributed by atoms with Crippen LogP contribution >= 0.6 is 11.3 Å². The van der Waals surface area contributed by atoms with Gasteiger partial charge in [0, 0.05) is 12.6 Å². The van der Waals surface area contributed by atoms with E-state index in [-0.39, 0.29) is 0 Å². The lowest BCUT2D eigenvalue weighted by atomic mass is 10.0. The fourth-order valence-electron chi connectivity index (χ4n) is 1.91. The maximum atomic E-state index is 3.63. The average Bonchev–Trinajstić information content (AvgIpc) is 2.89. The Morgan fingerprint density at radius 2 is 1.94 bits per heavy atom. The molecule has 0 spiro atoms. The van der Waals surface area contributed by atoms with E-state index in [0.717, 1.165) is 13.0 Å². The van der Waals surface area contributed by atoms with E-state index in [1.54, 1.807) is 11.3 Å². The lowest BCUT2D eigenvalue weighted by Crippen LogP contribution is -2.29. The summed E-state index contributed by atoms with van der Waals surface area (Å²) >= 11 is 1.76. The summed E-state index contributed by atoms with van der Waals surface area (Å²) in [6, 6.07) is 13.5. The molecule has 1 aromatic heterocycles. The predicted molar refractivity (Wildman–Crippen MR) is 75.4 cm³/mol. The molecular weight excluding hydrogens is 226 g/mol. The highest BCUT2D eigenvalue weighted by atomic mass is 32.1. The monoisotopic (exact) mass is 245 g/mol. The zero-order chi connectivity index (χ0) is 11.9. The fraction of sp³-hybridized carbons (Fsp3) is 0.333. The van der Waals surface area contributed by atoms with Crippen LogP contribution in [0.25, 0.3) is 0 Å². The molecule has 0 aliphatic carbocycles. The first-order valence-corrected chi connectivity index (χ1v) is 7.11. The second kappa shape index (κ2) is 6.58. The summed E-state index contributed by atoms with van der Waals surface area (Å²) in [5.41, 5.74) is 2.80. The fourth-order valence-corrected chi connectivity index (χ4v) is 2.58. The molecule has 0 saturated carbocycles. The van der Waals surface area contributed by atoms with Gasteiger partial charge in [-0.3, -0.25) is 0 Å². The Labute approximate surface area is 108 Å². The summed E-state index contributed by atoms with van der Waals surface area (Å²) in [5, 5.41) is 7.97. The van der Waals surface area contributed by atoms with Crippen LogP contribution in [0.5, 0.6) is 0 Å². The van der Waals surface area contributed by atoms with Gasteiger partial charge < -0.3 is 5.32 Å². The normalized spacial score (nSPS) is 12.5. The molecule has 0 fully saturated rings. The Morgan fingerprint density at radius 3 is 2.59 bits per heavy atom. The van der Waals surface area contributed by atoms with Crippen molar-refractivity contribution < 1.29 is 0 Å². The molecule has 0 radical (unpaired) electrons. The third-order valence-corrected chi connectivity index (χ3v) is 3.72. The number of rotatable bonds is 6. The van der Waals surface area contributed by atoms with Gasteiger partial charge >= 0.3 is 0 Å². The Morgan fingerprint density at radius 1 is 1.12 bits per heavy atom. The molecule has 1 heterocycles. The summed E-state index contributed by atoms with van der Waals surface area (Å²) in [4.78, 5) is 0. The van der Waals surface area contributed by atoms with Gasteiger partial charge in [0.25, 0.3) is 0 Å². The summed E-state index contributed by atoms with van der Waals surface area (Å²) in [5.74, 6) is 0. The molecule has 90 valence electrons. The molecule has 1 aromatic carbocycles. The summed E-state index contributed by atoms with van der Waals surface area (Å²) in [6.07, 6.45) is 2.28. The summed E-state index contributed by atoms with van der Waals surface area (Å²) in [6.45, 7) is 3.23. The van der Waals surface area contributed by atoms with Crippen LogP contribution in [0.2, 0.25) is 0 Å². The van der Waals surface area contributed by atoms with Crippen LogP contribution in [0, 0.1) is 0 Å². The maximum Gasteiger partial charge on any atom is 0.0216 e. The first-order valence-electron chi connectivity index (χ1n) is 6.17. The van der Waals surface area contributed by atoms with Gasteiger partial charge in [0.05, 0.1) is 0 Å². The molecule has 2 rings (SSSR count). The van der Waals surface area contributed by atoms with Crippen LogP contribution in [0.4, 0.5) is 0 Å². The molecule has 0 amide bonds. The molecule has 2 aromatic rings. The number of nitrogens with one attached hydrogen (secondary N) is 1. The third-order valence-electron chi connectivity index (χ3n) is 2.99. The van der Waals surface area contributed by atoms with Gasteiger partial charge in [0.15, 0.2) is 0 Å². The predicted octanol–water partition coefficient (Wildman–Crippen LogP) is 3.86. The standard InChI is InChI=1S/C15H19NS/c1-2-15(10-13-6-4-3-5-7-13)16-11-14-8-9-17-12-14/h3-9,12,15-16H,2,10-11H2,1H3. The first kappa shape index (κ1) is 12.3. The van der Waals surface area contributed by atoms with Crippen molar-refractivity contribution in [1.82, 2.24) is 5.32 Å². The first-order chi connectivity index (χ1) is 8.38. The Bertz CT molecular complexity index is 408. The number of hydrogen-bond donors (Lipinski definition) is 1. The smallest absolute Gasteiger partial charge is 0.0216 e. The van der Waals surface area contributed by atoms with Crippen molar-refractivity contribution in [2.75, 3.05) is 0 Å². The second-order valence-electron chi connectivity index (χ2n) is 4.31. The van der Waals surface area contributed by atoms with Crippen LogP contribution in [-0.2, 0) is 13.0 Å². The molecular formula is C15H19NS. The van der Waals surface area contributed by atoms with Crippen molar-refractivity contribution in [2.45, 2.75) is 32.4 Å². The van der Waals surface area contributed by atoms with Gasteiger partial charge in [0.1, 0.15) is 0 Å². The van der Waals surface area contributed by atoms with Gasteiger partial charge in [-0.25, -0.2) is 0 Å². The second-order valence-corrected chi connectivity index (χ2v) is 5.09. The quantitative estimate of drug-likeness (QED) is 0.815. The SMILES string of the molecule is CCC(Cc1ccccc1)NCc1ccsc1. The van der Waals surface area contributed by atoms with Crippen molar-refractivity contribution >= 4 is 11.3 Å². The molecule has 1 unspecified atom stereocenters. The van der Waals surface area contributed by atoms with E-state index in [0.29, 0.717) is 6.04 Å². The molecule has 1 nitrogen and oxygen atoms in total. The molecule has 0 aliphatic heterocycles. The average molecular weight is 245 g/mol. The van der Waals surface area contributed by atoms with Crippen LogP contribution < -0.4 is 5.32 Å². The molecule has 0 saturated heterocycles. The van der Waals surface area contributed by atoms with Crippen molar-refractivity contribution in [2.24, 2.45) is 0 Å². The van der Waals surface area contributed by atoms with E-state index in [9.17, 15) is 0 Å². The van der Waals surface area contributed by atoms with Crippen molar-refractivity contribution in [1.29, 1.82) is 0 Å². The molecule has 17 heavy (non-hydrogen) atoms. The van der Waals surface area contributed by atoms with Gasteiger partial charge in [-0.05, 0) is 40.8 Å². The summed E-state index contributed by atoms with van der Waals surface area (Å²) < 4.78 is 0. The van der Waals surface area contributed by atoms with Crippen molar-refractivity contribution in [3.8, 4) is 0 Å². The third kappa shape index (κ3) is 3.99. The van der Waals surface area contributed by atoms with Crippen LogP contribution in [0.15, 0.2) is 47.2 Å². The zero-order valence-electron chi connectivity index (χ0n) is 10.2. The lowest BCUT2D eigenvalue weighted by molar-refractivity contribution is 0.495. The van der Waals surface area contributed by atoms with Crippen molar-refractivity contribution in [3.63, 3.8) is 0 Å². The lowest BCUT2D eigenvalue weighted by Gasteiger charge is -2.16. The molecule has 1 N–H and O–H groups in total. The van der Waals surface area contributed by atoms with E-state index < -0.39 is 0 Å². The maximum absolute atomic E-state index is 3.63. The molecule has 0 aliphatic rings. The highest BCUT2D eigenvalue weighted by Crippen LogP contribution is 2.09. The van der Waals surface area contributed by atoms with E-state index in [1.165, 1.54) is 17.5 Å². The van der Waals surface area contributed by atoms with E-state index in [2.05, 4.69) is 59.4 Å². The van der Waals surface area contributed by atoms with E-state index >= 15 is 0 Å². The number of thiophene rings is 1. The van der Waals surface area contributed by atoms with Crippen LogP contribution in [-0.4, -0.2) is 6.04 Å². The van der Waals surface area contributed by atoms with E-state index in [1.807, 2.05) is 0 Å². The Balaban J connectivity index is 1.85. The van der Waals surface area contributed by atoms with E-state index in [4.69, 9.17) is 0 Å². The zero-order valence-corrected chi connectivity index (χ0v) is 11.0. The minimum atomic E-state index is 0.567. The Hall–Kier alpha value is -1.12. The van der Waals surface area contributed by atoms with Crippen molar-refractivity contribution in [3.05, 3.63) is 58.3 Å².